The number of amides is 1. The summed E-state index contributed by atoms with van der Waals surface area (Å²) in [6, 6.07) is 2.21. The van der Waals surface area contributed by atoms with Crippen molar-refractivity contribution in [2.45, 2.75) is 19.0 Å². The molecule has 118 valence electrons. The smallest absolute Gasteiger partial charge is 0.419 e. The summed E-state index contributed by atoms with van der Waals surface area (Å²) in [4.78, 5) is 11.4. The first-order valence-electron chi connectivity index (χ1n) is 6.31. The molecule has 0 aliphatic heterocycles. The van der Waals surface area contributed by atoms with Crippen LogP contribution in [0.3, 0.4) is 0 Å². The third-order valence-corrected chi connectivity index (χ3v) is 2.57. The molecule has 0 aliphatic rings. The van der Waals surface area contributed by atoms with Gasteiger partial charge >= 0.3 is 6.18 Å². The number of nitrogens with two attached hydrogens (primary N) is 1. The molecule has 0 fully saturated rings. The summed E-state index contributed by atoms with van der Waals surface area (Å²) in [5.74, 6) is -2.08. The Hall–Kier alpha value is -1.83. The molecule has 21 heavy (non-hydrogen) atoms. The van der Waals surface area contributed by atoms with Crippen LogP contribution in [-0.4, -0.2) is 25.6 Å². The molecule has 0 saturated heterocycles. The van der Waals surface area contributed by atoms with Crippen molar-refractivity contribution in [3.8, 4) is 5.75 Å². The van der Waals surface area contributed by atoms with Crippen LogP contribution in [0.25, 0.3) is 0 Å². The highest BCUT2D eigenvalue weighted by atomic mass is 19.4. The van der Waals surface area contributed by atoms with Gasteiger partial charge in [0.25, 0.3) is 5.91 Å². The monoisotopic (exact) mass is 308 g/mol. The van der Waals surface area contributed by atoms with Crippen LogP contribution in [0.2, 0.25) is 0 Å². The molecule has 0 spiro atoms. The lowest BCUT2D eigenvalue weighted by atomic mass is 10.2. The quantitative estimate of drug-likeness (QED) is 0.599. The van der Waals surface area contributed by atoms with Gasteiger partial charge in [-0.2, -0.15) is 13.2 Å². The van der Waals surface area contributed by atoms with Crippen molar-refractivity contribution in [2.24, 2.45) is 5.73 Å². The first-order valence-corrected chi connectivity index (χ1v) is 6.31. The number of alkyl halides is 3. The molecule has 1 rings (SSSR count). The molecule has 1 amide bonds. The number of carbonyl (C=O) groups is 1. The molecule has 8 heteroatoms. The SMILES string of the molecule is NCCCCNC(=O)COc1ccc(F)c(C(F)(F)F)c1. The molecule has 3 N–H and O–H groups in total. The number of halogens is 4. The Bertz CT molecular complexity index is 478. The molecule has 1 aromatic rings. The van der Waals surface area contributed by atoms with Gasteiger partial charge in [0, 0.05) is 6.54 Å². The first-order chi connectivity index (χ1) is 9.84. The number of rotatable bonds is 7. The van der Waals surface area contributed by atoms with Crippen LogP contribution in [0.5, 0.6) is 5.75 Å². The summed E-state index contributed by atoms with van der Waals surface area (Å²) >= 11 is 0. The van der Waals surface area contributed by atoms with E-state index in [1.807, 2.05) is 0 Å². The second-order valence-electron chi connectivity index (χ2n) is 4.27. The lowest BCUT2D eigenvalue weighted by Gasteiger charge is -2.11. The Morgan fingerprint density at radius 1 is 1.29 bits per heavy atom. The lowest BCUT2D eigenvalue weighted by Crippen LogP contribution is -2.30. The zero-order valence-electron chi connectivity index (χ0n) is 11.2. The predicted octanol–water partition coefficient (Wildman–Crippen LogP) is 2.08. The number of ether oxygens (including phenoxy) is 1. The molecule has 0 radical (unpaired) electrons. The highest BCUT2D eigenvalue weighted by Gasteiger charge is 2.34. The number of carbonyl (C=O) groups excluding carboxylic acids is 1. The summed E-state index contributed by atoms with van der Waals surface area (Å²) in [6.45, 7) is 0.490. The van der Waals surface area contributed by atoms with Gasteiger partial charge in [0.2, 0.25) is 0 Å². The summed E-state index contributed by atoms with van der Waals surface area (Å²) in [7, 11) is 0. The Balaban J connectivity index is 2.51. The van der Waals surface area contributed by atoms with E-state index in [1.54, 1.807) is 0 Å². The molecular weight excluding hydrogens is 292 g/mol. The standard InChI is InChI=1S/C13H16F4N2O2/c14-11-4-3-9(7-10(11)13(15,16)17)21-8-12(20)19-6-2-1-5-18/h3-4,7H,1-2,5-6,8,18H2,(H,19,20). The van der Waals surface area contributed by atoms with Crippen LogP contribution in [0.1, 0.15) is 18.4 Å². The zero-order valence-corrected chi connectivity index (χ0v) is 11.2. The van der Waals surface area contributed by atoms with E-state index in [0.717, 1.165) is 12.5 Å². The van der Waals surface area contributed by atoms with Crippen molar-refractivity contribution in [3.05, 3.63) is 29.6 Å². The van der Waals surface area contributed by atoms with Crippen molar-refractivity contribution in [1.82, 2.24) is 5.32 Å². The minimum absolute atomic E-state index is 0.221. The number of unbranched alkanes of at least 4 members (excludes halogenated alkanes) is 1. The Kier molecular flexibility index (Phi) is 6.41. The topological polar surface area (TPSA) is 64.3 Å². The zero-order chi connectivity index (χ0) is 15.9. The number of nitrogens with one attached hydrogen (secondary N) is 1. The predicted molar refractivity (Wildman–Crippen MR) is 68.2 cm³/mol. The average molecular weight is 308 g/mol. The van der Waals surface area contributed by atoms with E-state index in [9.17, 15) is 22.4 Å². The van der Waals surface area contributed by atoms with E-state index in [0.29, 0.717) is 31.6 Å². The molecule has 0 saturated carbocycles. The third-order valence-electron chi connectivity index (χ3n) is 2.57. The van der Waals surface area contributed by atoms with Gasteiger partial charge in [0.15, 0.2) is 6.61 Å². The third kappa shape index (κ3) is 5.99. The maximum absolute atomic E-state index is 13.0. The highest BCUT2D eigenvalue weighted by molar-refractivity contribution is 5.77. The van der Waals surface area contributed by atoms with E-state index in [4.69, 9.17) is 10.5 Å². The molecule has 0 unspecified atom stereocenters. The van der Waals surface area contributed by atoms with E-state index in [2.05, 4.69) is 5.32 Å². The largest absolute Gasteiger partial charge is 0.484 e. The minimum Gasteiger partial charge on any atom is -0.484 e. The molecule has 1 aromatic carbocycles. The number of benzene rings is 1. The van der Waals surface area contributed by atoms with Gasteiger partial charge in [-0.3, -0.25) is 4.79 Å². The van der Waals surface area contributed by atoms with E-state index >= 15 is 0 Å². The molecular formula is C13H16F4N2O2. The normalized spacial score (nSPS) is 11.3. The van der Waals surface area contributed by atoms with Crippen molar-refractivity contribution in [1.29, 1.82) is 0 Å². The molecule has 0 bridgehead atoms. The van der Waals surface area contributed by atoms with Crippen molar-refractivity contribution >= 4 is 5.91 Å². The lowest BCUT2D eigenvalue weighted by molar-refractivity contribution is -0.140. The fourth-order valence-corrected chi connectivity index (χ4v) is 1.51. The van der Waals surface area contributed by atoms with Crippen LogP contribution in [-0.2, 0) is 11.0 Å². The van der Waals surface area contributed by atoms with Crippen LogP contribution in [0.15, 0.2) is 18.2 Å². The summed E-state index contributed by atoms with van der Waals surface area (Å²) < 4.78 is 55.4. The van der Waals surface area contributed by atoms with Gasteiger partial charge in [-0.25, -0.2) is 4.39 Å². The van der Waals surface area contributed by atoms with E-state index in [-0.39, 0.29) is 5.75 Å². The van der Waals surface area contributed by atoms with Gasteiger partial charge in [0.1, 0.15) is 11.6 Å². The van der Waals surface area contributed by atoms with Gasteiger partial charge < -0.3 is 15.8 Å². The van der Waals surface area contributed by atoms with Gasteiger partial charge in [-0.15, -0.1) is 0 Å². The Morgan fingerprint density at radius 2 is 2.00 bits per heavy atom. The Morgan fingerprint density at radius 3 is 2.62 bits per heavy atom. The molecule has 0 atom stereocenters. The summed E-state index contributed by atoms with van der Waals surface area (Å²) in [5, 5.41) is 2.53. The Labute approximate surface area is 119 Å². The first kappa shape index (κ1) is 17.2. The maximum Gasteiger partial charge on any atom is 0.419 e. The average Bonchev–Trinajstić information content (AvgIpc) is 2.41. The fraction of sp³-hybridized carbons (Fsp3) is 0.462. The molecule has 0 aromatic heterocycles. The second kappa shape index (κ2) is 7.82. The van der Waals surface area contributed by atoms with Crippen LogP contribution in [0.4, 0.5) is 17.6 Å². The minimum atomic E-state index is -4.81. The van der Waals surface area contributed by atoms with Gasteiger partial charge in [-0.1, -0.05) is 0 Å². The highest BCUT2D eigenvalue weighted by Crippen LogP contribution is 2.33. The maximum atomic E-state index is 13.0. The van der Waals surface area contributed by atoms with Crippen LogP contribution < -0.4 is 15.8 Å². The summed E-state index contributed by atoms with van der Waals surface area (Å²) in [5.41, 5.74) is 3.85. The fourth-order valence-electron chi connectivity index (χ4n) is 1.51. The van der Waals surface area contributed by atoms with Crippen molar-refractivity contribution in [2.75, 3.05) is 19.7 Å². The second-order valence-corrected chi connectivity index (χ2v) is 4.27. The summed E-state index contributed by atoms with van der Waals surface area (Å²) in [6.07, 6.45) is -3.35. The molecule has 0 aliphatic carbocycles. The number of hydrogen-bond donors (Lipinski definition) is 2. The van der Waals surface area contributed by atoms with E-state index < -0.39 is 30.1 Å². The number of hydrogen-bond acceptors (Lipinski definition) is 3. The van der Waals surface area contributed by atoms with Crippen LogP contribution >= 0.6 is 0 Å². The van der Waals surface area contributed by atoms with Crippen molar-refractivity contribution < 1.29 is 27.1 Å². The van der Waals surface area contributed by atoms with Gasteiger partial charge in [0.05, 0.1) is 5.56 Å². The molecule has 0 heterocycles. The van der Waals surface area contributed by atoms with Gasteiger partial charge in [-0.05, 0) is 37.6 Å². The molecule has 4 nitrogen and oxygen atoms in total. The van der Waals surface area contributed by atoms with E-state index in [1.165, 1.54) is 0 Å². The van der Waals surface area contributed by atoms with Crippen LogP contribution in [0, 0.1) is 5.82 Å². The van der Waals surface area contributed by atoms with Crippen molar-refractivity contribution in [3.63, 3.8) is 0 Å².